The molecule has 0 amide bonds. The summed E-state index contributed by atoms with van der Waals surface area (Å²) in [5, 5.41) is 3.06. The van der Waals surface area contributed by atoms with E-state index in [0.717, 1.165) is 38.1 Å². The van der Waals surface area contributed by atoms with Gasteiger partial charge in [0.1, 0.15) is 11.6 Å². The van der Waals surface area contributed by atoms with Crippen molar-refractivity contribution in [3.63, 3.8) is 0 Å². The lowest BCUT2D eigenvalue weighted by molar-refractivity contribution is 0.243. The van der Waals surface area contributed by atoms with Crippen LogP contribution in [-0.4, -0.2) is 30.6 Å². The average molecular weight is 250 g/mol. The summed E-state index contributed by atoms with van der Waals surface area (Å²) in [6, 6.07) is 3.64. The lowest BCUT2D eigenvalue weighted by atomic mass is 10.0. The van der Waals surface area contributed by atoms with Gasteiger partial charge >= 0.3 is 0 Å². The maximum atomic E-state index is 13.5. The molecule has 1 fully saturated rings. The quantitative estimate of drug-likeness (QED) is 0.829. The zero-order chi connectivity index (χ0) is 13.0. The van der Waals surface area contributed by atoms with Gasteiger partial charge in [0.25, 0.3) is 0 Å². The summed E-state index contributed by atoms with van der Waals surface area (Å²) >= 11 is 0. The van der Waals surface area contributed by atoms with Crippen LogP contribution in [0.4, 0.5) is 14.5 Å². The number of anilines is 1. The molecular weight excluding hydrogens is 234 g/mol. The van der Waals surface area contributed by atoms with Crippen molar-refractivity contribution >= 4 is 5.69 Å². The maximum absolute atomic E-state index is 13.5. The van der Waals surface area contributed by atoms with Crippen LogP contribution < -0.4 is 5.32 Å². The number of terminal acetylenes is 1. The fraction of sp³-hybridized carbons (Fsp3) is 0.429. The third kappa shape index (κ3) is 3.21. The lowest BCUT2D eigenvalue weighted by Gasteiger charge is -2.31. The minimum atomic E-state index is -0.427. The van der Waals surface area contributed by atoms with E-state index < -0.39 is 11.6 Å². The minimum Gasteiger partial charge on any atom is -0.380 e. The molecule has 2 rings (SSSR count). The number of nitrogens with one attached hydrogen (secondary N) is 1. The third-order valence-corrected chi connectivity index (χ3v) is 3.19. The monoisotopic (exact) mass is 250 g/mol. The predicted octanol–water partition coefficient (Wildman–Crippen LogP) is 2.47. The van der Waals surface area contributed by atoms with Gasteiger partial charge < -0.3 is 5.32 Å². The molecule has 1 aliphatic heterocycles. The van der Waals surface area contributed by atoms with Crippen LogP contribution in [-0.2, 0) is 0 Å². The van der Waals surface area contributed by atoms with Crippen molar-refractivity contribution < 1.29 is 8.78 Å². The lowest BCUT2D eigenvalue weighted by Crippen LogP contribution is -2.39. The van der Waals surface area contributed by atoms with E-state index in [1.54, 1.807) is 0 Å². The van der Waals surface area contributed by atoms with Crippen LogP contribution >= 0.6 is 0 Å². The van der Waals surface area contributed by atoms with Crippen molar-refractivity contribution in [3.05, 3.63) is 29.8 Å². The number of piperidine rings is 1. The number of hydrogen-bond acceptors (Lipinski definition) is 2. The molecule has 96 valence electrons. The van der Waals surface area contributed by atoms with E-state index in [1.807, 2.05) is 0 Å². The van der Waals surface area contributed by atoms with Crippen molar-refractivity contribution in [1.82, 2.24) is 4.90 Å². The maximum Gasteiger partial charge on any atom is 0.146 e. The van der Waals surface area contributed by atoms with Gasteiger partial charge in [-0.3, -0.25) is 4.90 Å². The third-order valence-electron chi connectivity index (χ3n) is 3.19. The molecule has 1 N–H and O–H groups in total. The van der Waals surface area contributed by atoms with Crippen LogP contribution in [0.3, 0.4) is 0 Å². The molecule has 0 spiro atoms. The van der Waals surface area contributed by atoms with Crippen molar-refractivity contribution in [2.45, 2.75) is 18.9 Å². The van der Waals surface area contributed by atoms with Gasteiger partial charge in [-0.05, 0) is 31.0 Å². The summed E-state index contributed by atoms with van der Waals surface area (Å²) in [7, 11) is 0. The van der Waals surface area contributed by atoms with E-state index in [-0.39, 0.29) is 11.7 Å². The highest BCUT2D eigenvalue weighted by Crippen LogP contribution is 2.20. The second-order valence-corrected chi connectivity index (χ2v) is 4.52. The van der Waals surface area contributed by atoms with Gasteiger partial charge in [-0.15, -0.1) is 6.42 Å². The molecule has 0 atom stereocenters. The first-order valence-corrected chi connectivity index (χ1v) is 6.06. The first-order chi connectivity index (χ1) is 8.69. The number of likely N-dealkylation sites (tertiary alicyclic amines) is 1. The molecule has 1 aromatic rings. The fourth-order valence-electron chi connectivity index (χ4n) is 2.19. The van der Waals surface area contributed by atoms with Crippen LogP contribution in [0, 0.1) is 24.0 Å². The highest BCUT2D eigenvalue weighted by Gasteiger charge is 2.19. The first kappa shape index (κ1) is 12.8. The van der Waals surface area contributed by atoms with Crippen LogP contribution in [0.2, 0.25) is 0 Å². The smallest absolute Gasteiger partial charge is 0.146 e. The molecule has 1 heterocycles. The van der Waals surface area contributed by atoms with Crippen LogP contribution in [0.5, 0.6) is 0 Å². The Morgan fingerprint density at radius 3 is 2.72 bits per heavy atom. The van der Waals surface area contributed by atoms with Crippen LogP contribution in [0.25, 0.3) is 0 Å². The number of nitrogens with zero attached hydrogens (tertiary/aromatic N) is 1. The number of benzene rings is 1. The van der Waals surface area contributed by atoms with Gasteiger partial charge in [0.05, 0.1) is 12.2 Å². The molecule has 0 aromatic heterocycles. The Kier molecular flexibility index (Phi) is 4.16. The summed E-state index contributed by atoms with van der Waals surface area (Å²) in [5.41, 5.74) is 0.241. The summed E-state index contributed by atoms with van der Waals surface area (Å²) in [5.74, 6) is 1.77. The van der Waals surface area contributed by atoms with Gasteiger partial charge in [0, 0.05) is 19.1 Å². The molecule has 1 saturated heterocycles. The van der Waals surface area contributed by atoms with E-state index >= 15 is 0 Å². The Bertz CT molecular complexity index is 446. The van der Waals surface area contributed by atoms with Crippen molar-refractivity contribution in [2.24, 2.45) is 0 Å². The van der Waals surface area contributed by atoms with Crippen molar-refractivity contribution in [3.8, 4) is 12.3 Å². The predicted molar refractivity (Wildman–Crippen MR) is 68.3 cm³/mol. The average Bonchev–Trinajstić information content (AvgIpc) is 2.37. The summed E-state index contributed by atoms with van der Waals surface area (Å²) < 4.78 is 26.5. The van der Waals surface area contributed by atoms with Crippen molar-refractivity contribution in [2.75, 3.05) is 25.0 Å². The summed E-state index contributed by atoms with van der Waals surface area (Å²) in [4.78, 5) is 2.18. The topological polar surface area (TPSA) is 15.3 Å². The van der Waals surface area contributed by atoms with E-state index in [0.29, 0.717) is 6.54 Å². The van der Waals surface area contributed by atoms with Gasteiger partial charge in [-0.25, -0.2) is 8.78 Å². The Morgan fingerprint density at radius 1 is 1.33 bits per heavy atom. The minimum absolute atomic E-state index is 0.176. The van der Waals surface area contributed by atoms with E-state index in [9.17, 15) is 8.78 Å². The van der Waals surface area contributed by atoms with Crippen LogP contribution in [0.15, 0.2) is 18.2 Å². The standard InChI is InChI=1S/C14H16F2N2/c1-2-7-18-8-5-12(6-9-18)17-14-10-11(15)3-4-13(14)16/h1,3-4,10,12,17H,5-9H2. The largest absolute Gasteiger partial charge is 0.380 e. The summed E-state index contributed by atoms with van der Waals surface area (Å²) in [6.45, 7) is 2.43. The normalized spacial score (nSPS) is 17.4. The van der Waals surface area contributed by atoms with Gasteiger partial charge in [-0.1, -0.05) is 5.92 Å². The SMILES string of the molecule is C#CCN1CCC(Nc2cc(F)ccc2F)CC1. The molecule has 4 heteroatoms. The zero-order valence-corrected chi connectivity index (χ0v) is 10.1. The molecule has 2 nitrogen and oxygen atoms in total. The summed E-state index contributed by atoms with van der Waals surface area (Å²) in [6.07, 6.45) is 7.03. The molecule has 18 heavy (non-hydrogen) atoms. The molecule has 1 aromatic carbocycles. The Hall–Kier alpha value is -1.60. The fourth-order valence-corrected chi connectivity index (χ4v) is 2.19. The molecular formula is C14H16F2N2. The zero-order valence-electron chi connectivity index (χ0n) is 10.1. The molecule has 0 aliphatic carbocycles. The highest BCUT2D eigenvalue weighted by atomic mass is 19.1. The van der Waals surface area contributed by atoms with Crippen molar-refractivity contribution in [1.29, 1.82) is 0 Å². The molecule has 0 radical (unpaired) electrons. The molecule has 1 aliphatic rings. The van der Waals surface area contributed by atoms with E-state index in [2.05, 4.69) is 16.1 Å². The highest BCUT2D eigenvalue weighted by molar-refractivity contribution is 5.45. The second kappa shape index (κ2) is 5.83. The van der Waals surface area contributed by atoms with Crippen LogP contribution in [0.1, 0.15) is 12.8 Å². The van der Waals surface area contributed by atoms with Gasteiger partial charge in [0.2, 0.25) is 0 Å². The number of rotatable bonds is 3. The Balaban J connectivity index is 1.92. The first-order valence-electron chi connectivity index (χ1n) is 6.06. The Morgan fingerprint density at radius 2 is 2.06 bits per heavy atom. The number of hydrogen-bond donors (Lipinski definition) is 1. The Labute approximate surface area is 106 Å². The van der Waals surface area contributed by atoms with Gasteiger partial charge in [0.15, 0.2) is 0 Å². The van der Waals surface area contributed by atoms with E-state index in [4.69, 9.17) is 6.42 Å². The molecule has 0 bridgehead atoms. The number of halogens is 2. The molecule has 0 unspecified atom stereocenters. The van der Waals surface area contributed by atoms with E-state index in [1.165, 1.54) is 6.07 Å². The second-order valence-electron chi connectivity index (χ2n) is 4.52. The molecule has 0 saturated carbocycles. The van der Waals surface area contributed by atoms with Gasteiger partial charge in [-0.2, -0.15) is 0 Å².